The third-order valence-electron chi connectivity index (χ3n) is 3.28. The van der Waals surface area contributed by atoms with E-state index in [1.165, 1.54) is 32.1 Å². The van der Waals surface area contributed by atoms with E-state index in [4.69, 9.17) is 12.2 Å². The van der Waals surface area contributed by atoms with Crippen molar-refractivity contribution in [2.24, 2.45) is 0 Å². The maximum Gasteiger partial charge on any atom is 0.169 e. The number of thiocarbonyl (C=S) groups is 1. The van der Waals surface area contributed by atoms with Crippen molar-refractivity contribution in [3.63, 3.8) is 0 Å². The second kappa shape index (κ2) is 6.43. The molecule has 0 aromatic rings. The fourth-order valence-corrected chi connectivity index (χ4v) is 3.15. The molecule has 0 heterocycles. The van der Waals surface area contributed by atoms with Gasteiger partial charge in [0.25, 0.3) is 0 Å². The summed E-state index contributed by atoms with van der Waals surface area (Å²) in [7, 11) is 0. The average Bonchev–Trinajstić information content (AvgIpc) is 2.17. The lowest BCUT2D eigenvalue weighted by Gasteiger charge is -2.36. The third-order valence-corrected chi connectivity index (χ3v) is 3.61. The molecule has 1 saturated carbocycles. The van der Waals surface area contributed by atoms with E-state index in [1.54, 1.807) is 0 Å². The van der Waals surface area contributed by atoms with Crippen LogP contribution in [0.2, 0.25) is 0 Å². The monoisotopic (exact) mass is 242 g/mol. The molecule has 3 heteroatoms. The van der Waals surface area contributed by atoms with Crippen LogP contribution in [-0.2, 0) is 0 Å². The lowest BCUT2D eigenvalue weighted by molar-refractivity contribution is 0.279. The Bertz CT molecular complexity index is 212. The first-order valence-corrected chi connectivity index (χ1v) is 7.02. The van der Waals surface area contributed by atoms with E-state index >= 15 is 0 Å². The molecule has 0 unspecified atom stereocenters. The molecule has 1 fully saturated rings. The Morgan fingerprint density at radius 1 is 1.06 bits per heavy atom. The molecular weight excluding hydrogens is 216 g/mol. The first-order chi connectivity index (χ1) is 7.52. The van der Waals surface area contributed by atoms with Crippen molar-refractivity contribution in [3.8, 4) is 0 Å². The Morgan fingerprint density at radius 2 is 1.56 bits per heavy atom. The van der Waals surface area contributed by atoms with Crippen LogP contribution in [0.15, 0.2) is 0 Å². The van der Waals surface area contributed by atoms with Crippen LogP contribution < -0.4 is 5.32 Å². The summed E-state index contributed by atoms with van der Waals surface area (Å²) in [5, 5.41) is 4.48. The lowest BCUT2D eigenvalue weighted by Crippen LogP contribution is -2.50. The van der Waals surface area contributed by atoms with E-state index in [9.17, 15) is 0 Å². The SMILES string of the molecule is CC(C)N(C(=S)NC1CCCCC1)C(C)C. The van der Waals surface area contributed by atoms with Crippen molar-refractivity contribution in [2.75, 3.05) is 0 Å². The quantitative estimate of drug-likeness (QED) is 0.764. The first kappa shape index (κ1) is 13.8. The summed E-state index contributed by atoms with van der Waals surface area (Å²) in [6.07, 6.45) is 6.66. The van der Waals surface area contributed by atoms with Crippen molar-refractivity contribution in [1.82, 2.24) is 10.2 Å². The summed E-state index contributed by atoms with van der Waals surface area (Å²) in [6, 6.07) is 1.56. The number of rotatable bonds is 3. The molecule has 0 bridgehead atoms. The second-order valence-electron chi connectivity index (χ2n) is 5.38. The summed E-state index contributed by atoms with van der Waals surface area (Å²) in [5.74, 6) is 0. The summed E-state index contributed by atoms with van der Waals surface area (Å²) >= 11 is 5.52. The van der Waals surface area contributed by atoms with Crippen LogP contribution in [0.25, 0.3) is 0 Å². The zero-order valence-corrected chi connectivity index (χ0v) is 11.9. The fourth-order valence-electron chi connectivity index (χ4n) is 2.56. The maximum absolute atomic E-state index is 5.52. The Hall–Kier alpha value is -0.310. The molecule has 0 aromatic carbocycles. The maximum atomic E-state index is 5.52. The Kier molecular flexibility index (Phi) is 5.53. The van der Waals surface area contributed by atoms with Gasteiger partial charge in [0, 0.05) is 18.1 Å². The van der Waals surface area contributed by atoms with E-state index < -0.39 is 0 Å². The van der Waals surface area contributed by atoms with Crippen LogP contribution >= 0.6 is 12.2 Å². The summed E-state index contributed by atoms with van der Waals surface area (Å²) < 4.78 is 0. The zero-order valence-electron chi connectivity index (χ0n) is 11.1. The highest BCUT2D eigenvalue weighted by Gasteiger charge is 2.20. The number of hydrogen-bond donors (Lipinski definition) is 1. The van der Waals surface area contributed by atoms with Crippen LogP contribution in [0.5, 0.6) is 0 Å². The smallest absolute Gasteiger partial charge is 0.169 e. The summed E-state index contributed by atoms with van der Waals surface area (Å²) in [6.45, 7) is 8.81. The van der Waals surface area contributed by atoms with Gasteiger partial charge in [0.05, 0.1) is 0 Å². The minimum atomic E-state index is 0.476. The van der Waals surface area contributed by atoms with Crippen LogP contribution in [0, 0.1) is 0 Å². The molecule has 1 N–H and O–H groups in total. The highest BCUT2D eigenvalue weighted by Crippen LogP contribution is 2.18. The normalized spacial score (nSPS) is 17.9. The second-order valence-corrected chi connectivity index (χ2v) is 5.77. The van der Waals surface area contributed by atoms with Crippen molar-refractivity contribution in [1.29, 1.82) is 0 Å². The van der Waals surface area contributed by atoms with Gasteiger partial charge in [0.15, 0.2) is 5.11 Å². The van der Waals surface area contributed by atoms with Crippen LogP contribution in [0.4, 0.5) is 0 Å². The van der Waals surface area contributed by atoms with Crippen molar-refractivity contribution in [2.45, 2.75) is 77.9 Å². The lowest BCUT2D eigenvalue weighted by atomic mass is 9.96. The number of nitrogens with zero attached hydrogens (tertiary/aromatic N) is 1. The topological polar surface area (TPSA) is 15.3 Å². The molecule has 0 aliphatic heterocycles. The molecule has 0 spiro atoms. The van der Waals surface area contributed by atoms with E-state index in [0.29, 0.717) is 18.1 Å². The molecule has 0 radical (unpaired) electrons. The van der Waals surface area contributed by atoms with Crippen LogP contribution in [0.3, 0.4) is 0 Å². The van der Waals surface area contributed by atoms with Gasteiger partial charge in [-0.15, -0.1) is 0 Å². The van der Waals surface area contributed by atoms with E-state index in [1.807, 2.05) is 0 Å². The molecule has 16 heavy (non-hydrogen) atoms. The molecule has 1 rings (SSSR count). The minimum Gasteiger partial charge on any atom is -0.360 e. The third kappa shape index (κ3) is 3.93. The Balaban J connectivity index is 2.47. The van der Waals surface area contributed by atoms with Gasteiger partial charge in [0.1, 0.15) is 0 Å². The molecule has 0 aromatic heterocycles. The van der Waals surface area contributed by atoms with E-state index in [2.05, 4.69) is 37.9 Å². The fraction of sp³-hybridized carbons (Fsp3) is 0.923. The average molecular weight is 242 g/mol. The predicted octanol–water partition coefficient (Wildman–Crippen LogP) is 3.31. The zero-order chi connectivity index (χ0) is 12.1. The van der Waals surface area contributed by atoms with Crippen molar-refractivity contribution in [3.05, 3.63) is 0 Å². The molecule has 0 amide bonds. The molecule has 1 aliphatic carbocycles. The number of nitrogens with one attached hydrogen (secondary N) is 1. The molecule has 94 valence electrons. The first-order valence-electron chi connectivity index (χ1n) is 6.61. The van der Waals surface area contributed by atoms with E-state index in [-0.39, 0.29) is 0 Å². The predicted molar refractivity (Wildman–Crippen MR) is 74.7 cm³/mol. The van der Waals surface area contributed by atoms with Crippen LogP contribution in [-0.4, -0.2) is 28.1 Å². The van der Waals surface area contributed by atoms with Gasteiger partial charge in [0.2, 0.25) is 0 Å². The van der Waals surface area contributed by atoms with Crippen LogP contribution in [0.1, 0.15) is 59.8 Å². The van der Waals surface area contributed by atoms with Gasteiger partial charge in [-0.2, -0.15) is 0 Å². The number of hydrogen-bond acceptors (Lipinski definition) is 1. The van der Waals surface area contributed by atoms with Gasteiger partial charge in [-0.05, 0) is 52.8 Å². The van der Waals surface area contributed by atoms with Gasteiger partial charge < -0.3 is 10.2 Å². The summed E-state index contributed by atoms with van der Waals surface area (Å²) in [4.78, 5) is 2.30. The standard InChI is InChI=1S/C13H26N2S/c1-10(2)15(11(3)4)13(16)14-12-8-6-5-7-9-12/h10-12H,5-9H2,1-4H3,(H,14,16). The molecule has 0 atom stereocenters. The summed E-state index contributed by atoms with van der Waals surface area (Å²) in [5.41, 5.74) is 0. The van der Waals surface area contributed by atoms with E-state index in [0.717, 1.165) is 5.11 Å². The van der Waals surface area contributed by atoms with Gasteiger partial charge in [-0.3, -0.25) is 0 Å². The highest BCUT2D eigenvalue weighted by atomic mass is 32.1. The highest BCUT2D eigenvalue weighted by molar-refractivity contribution is 7.80. The molecular formula is C13H26N2S. The molecule has 0 saturated heterocycles. The molecule has 2 nitrogen and oxygen atoms in total. The van der Waals surface area contributed by atoms with Crippen molar-refractivity contribution >= 4 is 17.3 Å². The largest absolute Gasteiger partial charge is 0.360 e. The minimum absolute atomic E-state index is 0.476. The Labute approximate surface area is 106 Å². The van der Waals surface area contributed by atoms with Gasteiger partial charge in [-0.1, -0.05) is 19.3 Å². The molecule has 1 aliphatic rings. The van der Waals surface area contributed by atoms with Gasteiger partial charge >= 0.3 is 0 Å². The van der Waals surface area contributed by atoms with Gasteiger partial charge in [-0.25, -0.2) is 0 Å². The Morgan fingerprint density at radius 3 is 2.00 bits per heavy atom. The van der Waals surface area contributed by atoms with Crippen molar-refractivity contribution < 1.29 is 0 Å².